The summed E-state index contributed by atoms with van der Waals surface area (Å²) in [5.74, 6) is 0.968. The van der Waals surface area contributed by atoms with Crippen LogP contribution in [0.1, 0.15) is 22.3 Å². The first-order valence-electron chi connectivity index (χ1n) is 6.34. The highest BCUT2D eigenvalue weighted by atomic mass is 79.9. The third-order valence-electron chi connectivity index (χ3n) is 3.35. The lowest BCUT2D eigenvalue weighted by Gasteiger charge is -2.23. The van der Waals surface area contributed by atoms with Gasteiger partial charge >= 0.3 is 0 Å². The molecule has 0 saturated heterocycles. The van der Waals surface area contributed by atoms with E-state index in [1.807, 2.05) is 6.20 Å². The second kappa shape index (κ2) is 5.33. The lowest BCUT2D eigenvalue weighted by molar-refractivity contribution is 1.08. The van der Waals surface area contributed by atoms with Gasteiger partial charge in [0.1, 0.15) is 5.82 Å². The highest BCUT2D eigenvalue weighted by molar-refractivity contribution is 9.10. The van der Waals surface area contributed by atoms with E-state index in [-0.39, 0.29) is 0 Å². The number of hydrogen-bond donors (Lipinski definition) is 0. The second-order valence-electron chi connectivity index (χ2n) is 5.10. The van der Waals surface area contributed by atoms with Crippen molar-refractivity contribution in [3.8, 4) is 0 Å². The van der Waals surface area contributed by atoms with Crippen LogP contribution in [0.15, 0.2) is 28.9 Å². The molecule has 2 aromatic rings. The van der Waals surface area contributed by atoms with E-state index in [4.69, 9.17) is 0 Å². The van der Waals surface area contributed by atoms with E-state index in [1.54, 1.807) is 0 Å². The fourth-order valence-corrected chi connectivity index (χ4v) is 2.74. The zero-order chi connectivity index (χ0) is 14.2. The topological polar surface area (TPSA) is 16.1 Å². The first-order valence-corrected chi connectivity index (χ1v) is 7.13. The molecule has 2 nitrogen and oxygen atoms in total. The average Bonchev–Trinajstić information content (AvgIpc) is 2.31. The predicted octanol–water partition coefficient (Wildman–Crippen LogP) is 4.85. The van der Waals surface area contributed by atoms with Gasteiger partial charge in [-0.3, -0.25) is 0 Å². The van der Waals surface area contributed by atoms with Crippen LogP contribution in [0, 0.1) is 27.7 Å². The molecule has 0 spiro atoms. The van der Waals surface area contributed by atoms with E-state index in [0.717, 1.165) is 10.3 Å². The Balaban J connectivity index is 2.49. The van der Waals surface area contributed by atoms with Crippen LogP contribution in [0.2, 0.25) is 0 Å². The summed E-state index contributed by atoms with van der Waals surface area (Å²) in [6.45, 7) is 8.51. The van der Waals surface area contributed by atoms with Gasteiger partial charge in [-0.1, -0.05) is 17.7 Å². The molecule has 0 N–H and O–H groups in total. The fraction of sp³-hybridized carbons (Fsp3) is 0.312. The third kappa shape index (κ3) is 2.81. The summed E-state index contributed by atoms with van der Waals surface area (Å²) in [7, 11) is 2.07. The van der Waals surface area contributed by atoms with E-state index < -0.39 is 0 Å². The second-order valence-corrected chi connectivity index (χ2v) is 5.95. The molecule has 3 heteroatoms. The number of anilines is 2. The monoisotopic (exact) mass is 318 g/mol. The number of benzene rings is 1. The Labute approximate surface area is 123 Å². The molecule has 0 bridgehead atoms. The van der Waals surface area contributed by atoms with Crippen LogP contribution in [0.25, 0.3) is 0 Å². The smallest absolute Gasteiger partial charge is 0.133 e. The number of aromatic nitrogens is 1. The first-order chi connectivity index (χ1) is 8.90. The number of rotatable bonds is 2. The van der Waals surface area contributed by atoms with E-state index in [2.05, 4.69) is 78.8 Å². The summed E-state index contributed by atoms with van der Waals surface area (Å²) in [4.78, 5) is 6.66. The van der Waals surface area contributed by atoms with Crippen molar-refractivity contribution in [1.82, 2.24) is 4.98 Å². The van der Waals surface area contributed by atoms with Crippen LogP contribution in [-0.2, 0) is 0 Å². The summed E-state index contributed by atoms with van der Waals surface area (Å²) in [5.41, 5.74) is 6.29. The minimum atomic E-state index is 0.968. The molecule has 0 atom stereocenters. The first kappa shape index (κ1) is 14.1. The van der Waals surface area contributed by atoms with Crippen molar-refractivity contribution in [3.63, 3.8) is 0 Å². The van der Waals surface area contributed by atoms with E-state index in [0.29, 0.717) is 0 Å². The van der Waals surface area contributed by atoms with Crippen LogP contribution in [0.4, 0.5) is 11.5 Å². The maximum Gasteiger partial charge on any atom is 0.133 e. The van der Waals surface area contributed by atoms with Crippen molar-refractivity contribution in [2.24, 2.45) is 0 Å². The Morgan fingerprint density at radius 3 is 2.05 bits per heavy atom. The highest BCUT2D eigenvalue weighted by Gasteiger charge is 2.12. The van der Waals surface area contributed by atoms with Crippen molar-refractivity contribution in [2.45, 2.75) is 27.7 Å². The summed E-state index contributed by atoms with van der Waals surface area (Å²) in [5, 5.41) is 0. The third-order valence-corrected chi connectivity index (χ3v) is 4.18. The maximum atomic E-state index is 4.50. The lowest BCUT2D eigenvalue weighted by Crippen LogP contribution is -2.14. The lowest BCUT2D eigenvalue weighted by atomic mass is 10.0. The SMILES string of the molecule is Cc1cc(C)c(N(C)c2cc(C)c(Br)cn2)c(C)c1. The van der Waals surface area contributed by atoms with Gasteiger partial charge in [0.15, 0.2) is 0 Å². The molecule has 0 aliphatic heterocycles. The van der Waals surface area contributed by atoms with Gasteiger partial charge in [-0.15, -0.1) is 0 Å². The summed E-state index contributed by atoms with van der Waals surface area (Å²) in [6, 6.07) is 6.53. The molecule has 0 radical (unpaired) electrons. The highest BCUT2D eigenvalue weighted by Crippen LogP contribution is 2.31. The Bertz CT molecular complexity index is 597. The Hall–Kier alpha value is -1.35. The quantitative estimate of drug-likeness (QED) is 0.787. The molecule has 19 heavy (non-hydrogen) atoms. The number of hydrogen-bond acceptors (Lipinski definition) is 2. The van der Waals surface area contributed by atoms with Crippen LogP contribution >= 0.6 is 15.9 Å². The Kier molecular flexibility index (Phi) is 3.95. The van der Waals surface area contributed by atoms with Crippen LogP contribution in [-0.4, -0.2) is 12.0 Å². The number of pyridine rings is 1. The predicted molar refractivity (Wildman–Crippen MR) is 85.4 cm³/mol. The van der Waals surface area contributed by atoms with Crippen LogP contribution in [0.3, 0.4) is 0 Å². The van der Waals surface area contributed by atoms with Crippen molar-refractivity contribution in [2.75, 3.05) is 11.9 Å². The number of aryl methyl sites for hydroxylation is 4. The molecule has 2 rings (SSSR count). The number of nitrogens with zero attached hydrogens (tertiary/aromatic N) is 2. The van der Waals surface area contributed by atoms with Gasteiger partial charge in [0.05, 0.1) is 0 Å². The molecular weight excluding hydrogens is 300 g/mol. The van der Waals surface area contributed by atoms with Gasteiger partial charge in [0, 0.05) is 23.4 Å². The fourth-order valence-electron chi connectivity index (χ4n) is 2.52. The van der Waals surface area contributed by atoms with E-state index in [1.165, 1.54) is 27.9 Å². The molecule has 0 amide bonds. The molecule has 0 aliphatic rings. The molecule has 1 aromatic heterocycles. The van der Waals surface area contributed by atoms with Gasteiger partial charge in [0.25, 0.3) is 0 Å². The normalized spacial score (nSPS) is 10.6. The molecule has 100 valence electrons. The molecule has 0 saturated carbocycles. The Morgan fingerprint density at radius 1 is 0.947 bits per heavy atom. The minimum Gasteiger partial charge on any atom is -0.329 e. The van der Waals surface area contributed by atoms with Crippen molar-refractivity contribution in [1.29, 1.82) is 0 Å². The van der Waals surface area contributed by atoms with E-state index in [9.17, 15) is 0 Å². The van der Waals surface area contributed by atoms with Crippen molar-refractivity contribution < 1.29 is 0 Å². The largest absolute Gasteiger partial charge is 0.329 e. The van der Waals surface area contributed by atoms with Crippen molar-refractivity contribution >= 4 is 27.4 Å². The molecule has 0 unspecified atom stereocenters. The van der Waals surface area contributed by atoms with Gasteiger partial charge in [0.2, 0.25) is 0 Å². The molecule has 1 aromatic carbocycles. The summed E-state index contributed by atoms with van der Waals surface area (Å²) in [6.07, 6.45) is 1.86. The zero-order valence-corrected chi connectivity index (χ0v) is 13.7. The molecule has 0 fully saturated rings. The van der Waals surface area contributed by atoms with Gasteiger partial charge in [-0.25, -0.2) is 4.98 Å². The standard InChI is InChI=1S/C16H19BrN2/c1-10-6-12(3)16(13(4)7-10)19(5)15-8-11(2)14(17)9-18-15/h6-9H,1-5H3. The number of halogens is 1. The summed E-state index contributed by atoms with van der Waals surface area (Å²) < 4.78 is 1.04. The summed E-state index contributed by atoms with van der Waals surface area (Å²) >= 11 is 3.49. The van der Waals surface area contributed by atoms with Gasteiger partial charge < -0.3 is 4.90 Å². The van der Waals surface area contributed by atoms with Crippen molar-refractivity contribution in [3.05, 3.63) is 51.1 Å². The average molecular weight is 319 g/mol. The zero-order valence-electron chi connectivity index (χ0n) is 12.1. The molecule has 1 heterocycles. The minimum absolute atomic E-state index is 0.968. The van der Waals surface area contributed by atoms with Gasteiger partial charge in [-0.05, 0) is 66.4 Å². The molecule has 0 aliphatic carbocycles. The van der Waals surface area contributed by atoms with E-state index >= 15 is 0 Å². The van der Waals surface area contributed by atoms with Crippen LogP contribution < -0.4 is 4.90 Å². The maximum absolute atomic E-state index is 4.50. The molecular formula is C16H19BrN2. The Morgan fingerprint density at radius 2 is 1.53 bits per heavy atom. The van der Waals surface area contributed by atoms with Gasteiger partial charge in [-0.2, -0.15) is 0 Å². The van der Waals surface area contributed by atoms with Crippen LogP contribution in [0.5, 0.6) is 0 Å².